The molecule has 0 saturated carbocycles. The van der Waals surface area contributed by atoms with Gasteiger partial charge in [0.15, 0.2) is 0 Å². The normalized spacial score (nSPS) is 16.9. The number of carbonyl (C=O) groups excluding carboxylic acids is 1. The number of alkyl halides is 3. The van der Waals surface area contributed by atoms with Crippen molar-refractivity contribution < 1.29 is 22.7 Å². The third-order valence-corrected chi connectivity index (χ3v) is 3.29. The van der Waals surface area contributed by atoms with Gasteiger partial charge in [0.2, 0.25) is 0 Å². The first-order valence-electron chi connectivity index (χ1n) is 6.66. The van der Waals surface area contributed by atoms with Gasteiger partial charge in [-0.15, -0.1) is 0 Å². The fraction of sp³-hybridized carbons (Fsp3) is 0.923. The van der Waals surface area contributed by atoms with Gasteiger partial charge in [-0.1, -0.05) is 6.92 Å². The molecule has 0 heterocycles. The van der Waals surface area contributed by atoms with Gasteiger partial charge in [0, 0.05) is 6.04 Å². The van der Waals surface area contributed by atoms with Crippen LogP contribution in [-0.4, -0.2) is 55.9 Å². The third kappa shape index (κ3) is 6.56. The van der Waals surface area contributed by atoms with Gasteiger partial charge >= 0.3 is 12.1 Å². The topological polar surface area (TPSA) is 41.6 Å². The largest absolute Gasteiger partial charge is 0.468 e. The molecule has 2 atom stereocenters. The summed E-state index contributed by atoms with van der Waals surface area (Å²) in [4.78, 5) is 13.0. The van der Waals surface area contributed by atoms with Gasteiger partial charge in [0.05, 0.1) is 13.7 Å². The fourth-order valence-corrected chi connectivity index (χ4v) is 2.04. The van der Waals surface area contributed by atoms with Crippen LogP contribution in [-0.2, 0) is 9.53 Å². The van der Waals surface area contributed by atoms with Crippen molar-refractivity contribution in [3.8, 4) is 0 Å². The summed E-state index contributed by atoms with van der Waals surface area (Å²) in [5.74, 6) is -0.460. The van der Waals surface area contributed by atoms with Gasteiger partial charge in [0.1, 0.15) is 5.54 Å². The lowest BCUT2D eigenvalue weighted by molar-refractivity contribution is -0.152. The van der Waals surface area contributed by atoms with E-state index in [1.54, 1.807) is 13.8 Å². The predicted molar refractivity (Wildman–Crippen MR) is 71.5 cm³/mol. The summed E-state index contributed by atoms with van der Waals surface area (Å²) in [6.07, 6.45) is -3.19. The second kappa shape index (κ2) is 7.83. The van der Waals surface area contributed by atoms with Crippen molar-refractivity contribution in [2.24, 2.45) is 0 Å². The molecule has 0 aromatic carbocycles. The van der Waals surface area contributed by atoms with Crippen LogP contribution in [0.25, 0.3) is 0 Å². The molecule has 120 valence electrons. The monoisotopic (exact) mass is 298 g/mol. The quantitative estimate of drug-likeness (QED) is 0.698. The van der Waals surface area contributed by atoms with Crippen molar-refractivity contribution >= 4 is 5.97 Å². The van der Waals surface area contributed by atoms with Crippen molar-refractivity contribution in [3.05, 3.63) is 0 Å². The average molecular weight is 298 g/mol. The Hall–Kier alpha value is -0.820. The maximum Gasteiger partial charge on any atom is 0.401 e. The van der Waals surface area contributed by atoms with Gasteiger partial charge < -0.3 is 10.1 Å². The number of rotatable bonds is 8. The molecule has 2 unspecified atom stereocenters. The zero-order valence-electron chi connectivity index (χ0n) is 12.8. The van der Waals surface area contributed by atoms with Crippen LogP contribution in [0.1, 0.15) is 33.6 Å². The number of halogens is 3. The summed E-state index contributed by atoms with van der Waals surface area (Å²) in [7, 11) is 2.67. The molecule has 0 bridgehead atoms. The Morgan fingerprint density at radius 3 is 2.35 bits per heavy atom. The molecule has 0 aliphatic heterocycles. The van der Waals surface area contributed by atoms with Crippen LogP contribution in [0, 0.1) is 0 Å². The molecule has 0 aromatic heterocycles. The molecular weight excluding hydrogens is 273 g/mol. The van der Waals surface area contributed by atoms with Crippen LogP contribution in [0.2, 0.25) is 0 Å². The highest BCUT2D eigenvalue weighted by molar-refractivity contribution is 5.80. The molecule has 4 nitrogen and oxygen atoms in total. The van der Waals surface area contributed by atoms with Crippen LogP contribution >= 0.6 is 0 Å². The Morgan fingerprint density at radius 2 is 1.95 bits per heavy atom. The number of methoxy groups -OCH3 is 1. The number of hydrogen-bond donors (Lipinski definition) is 1. The molecule has 20 heavy (non-hydrogen) atoms. The average Bonchev–Trinajstić information content (AvgIpc) is 2.33. The summed E-state index contributed by atoms with van der Waals surface area (Å²) in [5, 5.41) is 3.06. The van der Waals surface area contributed by atoms with Crippen LogP contribution < -0.4 is 5.32 Å². The van der Waals surface area contributed by atoms with E-state index in [2.05, 4.69) is 5.32 Å². The standard InChI is InChI=1S/C13H25F3N2O2/c1-6-7-17-12(3,11(19)20-5)8-10(2)18(4)9-13(14,15)16/h10,17H,6-9H2,1-5H3. The highest BCUT2D eigenvalue weighted by Gasteiger charge is 2.38. The molecule has 7 heteroatoms. The van der Waals surface area contributed by atoms with Gasteiger partial charge in [-0.05, 0) is 40.3 Å². The molecule has 0 aliphatic rings. The zero-order chi connectivity index (χ0) is 16.0. The molecule has 0 rings (SSSR count). The van der Waals surface area contributed by atoms with Crippen molar-refractivity contribution in [3.63, 3.8) is 0 Å². The van der Waals surface area contributed by atoms with Crippen molar-refractivity contribution in [2.75, 3.05) is 27.2 Å². The van der Waals surface area contributed by atoms with E-state index in [1.807, 2.05) is 6.92 Å². The minimum Gasteiger partial charge on any atom is -0.468 e. The first-order valence-corrected chi connectivity index (χ1v) is 6.66. The SMILES string of the molecule is CCCNC(C)(CC(C)N(C)CC(F)(F)F)C(=O)OC. The minimum absolute atomic E-state index is 0.242. The van der Waals surface area contributed by atoms with Crippen LogP contribution in [0.3, 0.4) is 0 Å². The van der Waals surface area contributed by atoms with Crippen molar-refractivity contribution in [2.45, 2.75) is 51.4 Å². The number of nitrogens with zero attached hydrogens (tertiary/aromatic N) is 1. The molecule has 0 aliphatic carbocycles. The fourth-order valence-electron chi connectivity index (χ4n) is 2.04. The lowest BCUT2D eigenvalue weighted by Crippen LogP contribution is -2.54. The van der Waals surface area contributed by atoms with Gasteiger partial charge in [0.25, 0.3) is 0 Å². The molecule has 0 amide bonds. The van der Waals surface area contributed by atoms with E-state index in [4.69, 9.17) is 4.74 Å². The Kier molecular flexibility index (Phi) is 7.51. The molecule has 0 fully saturated rings. The van der Waals surface area contributed by atoms with Gasteiger partial charge in [-0.25, -0.2) is 0 Å². The van der Waals surface area contributed by atoms with Gasteiger partial charge in [-0.3, -0.25) is 9.69 Å². The summed E-state index contributed by atoms with van der Waals surface area (Å²) < 4.78 is 41.9. The molecule has 1 N–H and O–H groups in total. The lowest BCUT2D eigenvalue weighted by Gasteiger charge is -2.34. The second-order valence-electron chi connectivity index (χ2n) is 5.33. The number of carbonyl (C=O) groups is 1. The van der Waals surface area contributed by atoms with E-state index in [1.165, 1.54) is 19.1 Å². The van der Waals surface area contributed by atoms with E-state index in [0.717, 1.165) is 6.42 Å². The lowest BCUT2D eigenvalue weighted by atomic mass is 9.92. The van der Waals surface area contributed by atoms with E-state index < -0.39 is 30.3 Å². The first kappa shape index (κ1) is 19.2. The van der Waals surface area contributed by atoms with E-state index in [0.29, 0.717) is 6.54 Å². The van der Waals surface area contributed by atoms with E-state index in [9.17, 15) is 18.0 Å². The third-order valence-electron chi connectivity index (χ3n) is 3.29. The summed E-state index contributed by atoms with van der Waals surface area (Å²) >= 11 is 0. The van der Waals surface area contributed by atoms with Crippen molar-refractivity contribution in [1.82, 2.24) is 10.2 Å². The highest BCUT2D eigenvalue weighted by Crippen LogP contribution is 2.21. The van der Waals surface area contributed by atoms with Crippen LogP contribution in [0.5, 0.6) is 0 Å². The predicted octanol–water partition coefficient (Wildman–Crippen LogP) is 2.19. The Morgan fingerprint density at radius 1 is 1.40 bits per heavy atom. The summed E-state index contributed by atoms with van der Waals surface area (Å²) in [6.45, 7) is 4.87. The Bertz CT molecular complexity index is 310. The number of nitrogens with one attached hydrogen (secondary N) is 1. The molecular formula is C13H25F3N2O2. The molecule has 0 spiro atoms. The second-order valence-corrected chi connectivity index (χ2v) is 5.33. The molecule has 0 radical (unpaired) electrons. The summed E-state index contributed by atoms with van der Waals surface area (Å²) in [6, 6.07) is -0.412. The maximum atomic E-state index is 12.4. The van der Waals surface area contributed by atoms with E-state index in [-0.39, 0.29) is 6.42 Å². The molecule has 0 aromatic rings. The smallest absolute Gasteiger partial charge is 0.401 e. The van der Waals surface area contributed by atoms with Crippen LogP contribution in [0.15, 0.2) is 0 Å². The maximum absolute atomic E-state index is 12.4. The first-order chi connectivity index (χ1) is 9.05. The number of ether oxygens (including phenoxy) is 1. The zero-order valence-corrected chi connectivity index (χ0v) is 12.8. The Balaban J connectivity index is 4.76. The van der Waals surface area contributed by atoms with Crippen molar-refractivity contribution in [1.29, 1.82) is 0 Å². The highest BCUT2D eigenvalue weighted by atomic mass is 19.4. The minimum atomic E-state index is -4.25. The van der Waals surface area contributed by atoms with E-state index >= 15 is 0 Å². The number of esters is 1. The summed E-state index contributed by atoms with van der Waals surface area (Å²) in [5.41, 5.74) is -0.982. The van der Waals surface area contributed by atoms with Crippen LogP contribution in [0.4, 0.5) is 13.2 Å². The Labute approximate surface area is 118 Å². The number of hydrogen-bond acceptors (Lipinski definition) is 4. The van der Waals surface area contributed by atoms with Gasteiger partial charge in [-0.2, -0.15) is 13.2 Å². The molecule has 0 saturated heterocycles.